The van der Waals surface area contributed by atoms with Crippen LogP contribution >= 0.6 is 0 Å². The van der Waals surface area contributed by atoms with Gasteiger partial charge >= 0.3 is 12.2 Å². The Morgan fingerprint density at radius 3 is 2.39 bits per heavy atom. The van der Waals surface area contributed by atoms with Crippen LogP contribution in [0.3, 0.4) is 0 Å². The first-order valence-electron chi connectivity index (χ1n) is 16.9. The van der Waals surface area contributed by atoms with Crippen molar-refractivity contribution in [2.45, 2.75) is 115 Å². The molecule has 3 N–H and O–H groups in total. The molecule has 0 radical (unpaired) electrons. The number of hydrogen-bond donors (Lipinski definition) is 3. The minimum absolute atomic E-state index is 0.0776. The highest BCUT2D eigenvalue weighted by atomic mass is 16.6. The van der Waals surface area contributed by atoms with Crippen LogP contribution in [0.2, 0.25) is 0 Å². The highest BCUT2D eigenvalue weighted by molar-refractivity contribution is 5.86. The van der Waals surface area contributed by atoms with Gasteiger partial charge in [0.15, 0.2) is 0 Å². The van der Waals surface area contributed by atoms with Gasteiger partial charge in [-0.25, -0.2) is 9.59 Å². The number of benzene rings is 1. The fourth-order valence-corrected chi connectivity index (χ4v) is 6.30. The summed E-state index contributed by atoms with van der Waals surface area (Å²) < 4.78 is 16.9. The third-order valence-electron chi connectivity index (χ3n) is 8.85. The largest absolute Gasteiger partial charge is 0.491 e. The Morgan fingerprint density at radius 1 is 0.978 bits per heavy atom. The number of likely N-dealkylation sites (tertiary alicyclic amines) is 1. The van der Waals surface area contributed by atoms with E-state index in [9.17, 15) is 24.3 Å². The van der Waals surface area contributed by atoms with E-state index in [1.54, 1.807) is 9.80 Å². The molecule has 256 valence electrons. The third kappa shape index (κ3) is 11.1. The summed E-state index contributed by atoms with van der Waals surface area (Å²) in [6, 6.07) is 6.17. The molecule has 2 aliphatic heterocycles. The van der Waals surface area contributed by atoms with Crippen LogP contribution in [-0.4, -0.2) is 95.5 Å². The van der Waals surface area contributed by atoms with Gasteiger partial charge in [0.1, 0.15) is 30.1 Å². The fourth-order valence-electron chi connectivity index (χ4n) is 6.30. The van der Waals surface area contributed by atoms with Gasteiger partial charge in [-0.2, -0.15) is 0 Å². The summed E-state index contributed by atoms with van der Waals surface area (Å²) in [7, 11) is 0. The van der Waals surface area contributed by atoms with E-state index in [2.05, 4.69) is 10.6 Å². The van der Waals surface area contributed by atoms with Gasteiger partial charge in [0, 0.05) is 44.5 Å². The van der Waals surface area contributed by atoms with Crippen LogP contribution in [0, 0.1) is 5.92 Å². The zero-order chi connectivity index (χ0) is 33.1. The number of alkyl carbamates (subject to hydrolysis) is 1. The van der Waals surface area contributed by atoms with Crippen LogP contribution in [-0.2, 0) is 25.6 Å². The lowest BCUT2D eigenvalue weighted by Crippen LogP contribution is -2.52. The molecule has 2 heterocycles. The summed E-state index contributed by atoms with van der Waals surface area (Å²) in [5, 5.41) is 15.8. The first-order valence-corrected chi connectivity index (χ1v) is 16.9. The topological polar surface area (TPSA) is 147 Å². The molecule has 4 rings (SSSR count). The molecule has 4 amide bonds. The fraction of sp³-hybridized carbons (Fsp3) is 0.706. The average molecular weight is 645 g/mol. The predicted octanol–water partition coefficient (Wildman–Crippen LogP) is 4.13. The third-order valence-corrected chi connectivity index (χ3v) is 8.85. The molecule has 2 unspecified atom stereocenters. The van der Waals surface area contributed by atoms with Gasteiger partial charge in [0.25, 0.3) is 0 Å². The van der Waals surface area contributed by atoms with Crippen molar-refractivity contribution in [3.63, 3.8) is 0 Å². The molecular formula is C34H52N4O8. The van der Waals surface area contributed by atoms with Crippen LogP contribution in [0.15, 0.2) is 24.3 Å². The number of piperidine rings is 1. The van der Waals surface area contributed by atoms with Gasteiger partial charge in [0.05, 0.1) is 19.2 Å². The monoisotopic (exact) mass is 644 g/mol. The maximum Gasteiger partial charge on any atom is 0.410 e. The second-order valence-electron chi connectivity index (χ2n) is 13.7. The van der Waals surface area contributed by atoms with E-state index in [-0.39, 0.29) is 37.6 Å². The minimum Gasteiger partial charge on any atom is -0.491 e. The standard InChI is InChI=1S/C34H52N4O8/c1-34(2,3)46-33(43)37-17-15-27(16-18-37)45-32(42)36-28(21-24-9-5-4-6-10-24)31(41)35-26(23-39)13-14-30(40)38-19-20-44-29-12-8-7-11-25(29)22-38/h7-8,11-12,24,26-28,39H,4-6,9-10,13-23H2,1-3H3,(H,35,41)(H,36,42). The van der Waals surface area contributed by atoms with Crippen molar-refractivity contribution in [3.05, 3.63) is 29.8 Å². The SMILES string of the molecule is CC(C)(C)OC(=O)N1CCC(OC(=O)NC(CC2CCCCC2)C(=O)NC(CO)CCC(=O)N2CCOc3ccccc3C2)CC1. The lowest BCUT2D eigenvalue weighted by molar-refractivity contribution is -0.132. The Morgan fingerprint density at radius 2 is 1.70 bits per heavy atom. The van der Waals surface area contributed by atoms with Crippen LogP contribution in [0.4, 0.5) is 9.59 Å². The number of nitrogens with zero attached hydrogens (tertiary/aromatic N) is 2. The van der Waals surface area contributed by atoms with Crippen molar-refractivity contribution < 1.29 is 38.5 Å². The Kier molecular flexibility index (Phi) is 12.9. The van der Waals surface area contributed by atoms with Gasteiger partial charge < -0.3 is 39.8 Å². The molecular weight excluding hydrogens is 592 g/mol. The second-order valence-corrected chi connectivity index (χ2v) is 13.7. The van der Waals surface area contributed by atoms with Gasteiger partial charge in [-0.1, -0.05) is 50.3 Å². The Labute approximate surface area is 272 Å². The van der Waals surface area contributed by atoms with E-state index in [0.29, 0.717) is 58.0 Å². The second kappa shape index (κ2) is 16.9. The van der Waals surface area contributed by atoms with Gasteiger partial charge in [-0.3, -0.25) is 9.59 Å². The summed E-state index contributed by atoms with van der Waals surface area (Å²) >= 11 is 0. The number of carbonyl (C=O) groups is 4. The normalized spacial score (nSPS) is 19.1. The maximum atomic E-state index is 13.5. The van der Waals surface area contributed by atoms with Crippen molar-refractivity contribution in [2.24, 2.45) is 5.92 Å². The van der Waals surface area contributed by atoms with E-state index in [1.807, 2.05) is 45.0 Å². The van der Waals surface area contributed by atoms with Crippen molar-refractivity contribution in [3.8, 4) is 5.75 Å². The molecule has 2 fully saturated rings. The summed E-state index contributed by atoms with van der Waals surface area (Å²) in [5.41, 5.74) is 0.357. The van der Waals surface area contributed by atoms with Gasteiger partial charge in [0.2, 0.25) is 11.8 Å². The molecule has 12 heteroatoms. The van der Waals surface area contributed by atoms with Crippen molar-refractivity contribution in [1.82, 2.24) is 20.4 Å². The maximum absolute atomic E-state index is 13.5. The number of hydrogen-bond acceptors (Lipinski definition) is 8. The smallest absolute Gasteiger partial charge is 0.410 e. The van der Waals surface area contributed by atoms with Crippen LogP contribution in [0.5, 0.6) is 5.75 Å². The highest BCUT2D eigenvalue weighted by Gasteiger charge is 2.32. The molecule has 0 bridgehead atoms. The molecule has 0 spiro atoms. The molecule has 1 aromatic carbocycles. The Balaban J connectivity index is 1.28. The predicted molar refractivity (Wildman–Crippen MR) is 171 cm³/mol. The van der Waals surface area contributed by atoms with E-state index < -0.39 is 29.7 Å². The van der Waals surface area contributed by atoms with E-state index in [1.165, 1.54) is 6.42 Å². The summed E-state index contributed by atoms with van der Waals surface area (Å²) in [6.45, 7) is 7.24. The molecule has 3 aliphatic rings. The number of nitrogens with one attached hydrogen (secondary N) is 2. The molecule has 1 aliphatic carbocycles. The Hall–Kier alpha value is -3.54. The van der Waals surface area contributed by atoms with Crippen molar-refractivity contribution >= 4 is 24.0 Å². The zero-order valence-electron chi connectivity index (χ0n) is 27.6. The van der Waals surface area contributed by atoms with Crippen LogP contribution in [0.25, 0.3) is 0 Å². The van der Waals surface area contributed by atoms with Gasteiger partial charge in [-0.15, -0.1) is 0 Å². The first-order chi connectivity index (χ1) is 22.0. The summed E-state index contributed by atoms with van der Waals surface area (Å²) in [5.74, 6) is 0.598. The number of aliphatic hydroxyl groups is 1. The molecule has 0 aromatic heterocycles. The summed E-state index contributed by atoms with van der Waals surface area (Å²) in [4.78, 5) is 55.3. The molecule has 1 aromatic rings. The quantitative estimate of drug-likeness (QED) is 0.345. The minimum atomic E-state index is -0.832. The van der Waals surface area contributed by atoms with E-state index in [4.69, 9.17) is 14.2 Å². The van der Waals surface area contributed by atoms with Crippen LogP contribution in [0.1, 0.15) is 90.5 Å². The van der Waals surface area contributed by atoms with Gasteiger partial charge in [-0.05, 0) is 45.6 Å². The van der Waals surface area contributed by atoms with E-state index >= 15 is 0 Å². The number of amides is 4. The molecule has 2 atom stereocenters. The number of ether oxygens (including phenoxy) is 3. The number of carbonyl (C=O) groups excluding carboxylic acids is 4. The number of aliphatic hydroxyl groups excluding tert-OH is 1. The average Bonchev–Trinajstić information content (AvgIpc) is 3.25. The zero-order valence-corrected chi connectivity index (χ0v) is 27.6. The van der Waals surface area contributed by atoms with Crippen molar-refractivity contribution in [2.75, 3.05) is 32.8 Å². The molecule has 46 heavy (non-hydrogen) atoms. The Bertz CT molecular complexity index is 1170. The molecule has 1 saturated carbocycles. The van der Waals surface area contributed by atoms with E-state index in [0.717, 1.165) is 37.0 Å². The lowest BCUT2D eigenvalue weighted by Gasteiger charge is -2.33. The lowest BCUT2D eigenvalue weighted by atomic mass is 9.84. The van der Waals surface area contributed by atoms with Crippen molar-refractivity contribution in [1.29, 1.82) is 0 Å². The molecule has 1 saturated heterocycles. The summed E-state index contributed by atoms with van der Waals surface area (Å²) in [6.07, 6.45) is 5.72. The molecule has 12 nitrogen and oxygen atoms in total. The van der Waals surface area contributed by atoms with Crippen LogP contribution < -0.4 is 15.4 Å². The number of fused-ring (bicyclic) bond motifs is 1. The number of rotatable bonds is 10. The number of para-hydroxylation sites is 1. The highest BCUT2D eigenvalue weighted by Crippen LogP contribution is 2.28. The first kappa shape index (κ1) is 35.3.